The standard InChI is InChI=1S/C20H18BrClN2O2/c1-3-9-26-19-8-7-16(21)11-14(19)10-15(12-23)20(25)24-18-6-4-5-17(22)13(18)2/h4-8,10-11H,3,9H2,1-2H3,(H,24,25)/b15-10+. The van der Waals surface area contributed by atoms with Gasteiger partial charge in [0.05, 0.1) is 6.61 Å². The first-order chi connectivity index (χ1) is 12.5. The molecular formula is C20H18BrClN2O2. The third kappa shape index (κ3) is 5.10. The van der Waals surface area contributed by atoms with Crippen LogP contribution < -0.4 is 10.1 Å². The maximum Gasteiger partial charge on any atom is 0.266 e. The lowest BCUT2D eigenvalue weighted by atomic mass is 10.1. The van der Waals surface area contributed by atoms with E-state index in [1.807, 2.05) is 19.1 Å². The molecule has 6 heteroatoms. The molecule has 2 aromatic carbocycles. The van der Waals surface area contributed by atoms with Crippen LogP contribution in [0.25, 0.3) is 6.08 Å². The Morgan fingerprint density at radius 2 is 2.15 bits per heavy atom. The van der Waals surface area contributed by atoms with Crippen LogP contribution in [0.2, 0.25) is 5.02 Å². The van der Waals surface area contributed by atoms with Crippen LogP contribution >= 0.6 is 27.5 Å². The molecule has 0 unspecified atom stereocenters. The van der Waals surface area contributed by atoms with Crippen LogP contribution in [-0.2, 0) is 4.79 Å². The van der Waals surface area contributed by atoms with Crippen LogP contribution in [0.1, 0.15) is 24.5 Å². The first kappa shape index (κ1) is 20.0. The summed E-state index contributed by atoms with van der Waals surface area (Å²) >= 11 is 9.48. The number of carbonyl (C=O) groups is 1. The molecule has 0 spiro atoms. The fourth-order valence-corrected chi connectivity index (χ4v) is 2.77. The average molecular weight is 434 g/mol. The molecule has 1 N–H and O–H groups in total. The minimum absolute atomic E-state index is 0.0242. The lowest BCUT2D eigenvalue weighted by Crippen LogP contribution is -2.14. The Bertz CT molecular complexity index is 888. The van der Waals surface area contributed by atoms with Gasteiger partial charge < -0.3 is 10.1 Å². The van der Waals surface area contributed by atoms with Crippen molar-refractivity contribution in [2.24, 2.45) is 0 Å². The van der Waals surface area contributed by atoms with Crippen molar-refractivity contribution in [3.63, 3.8) is 0 Å². The molecule has 0 saturated carbocycles. The van der Waals surface area contributed by atoms with E-state index in [0.717, 1.165) is 16.5 Å². The largest absolute Gasteiger partial charge is 0.493 e. The topological polar surface area (TPSA) is 62.1 Å². The van der Waals surface area contributed by atoms with Crippen LogP contribution in [-0.4, -0.2) is 12.5 Å². The Balaban J connectivity index is 2.33. The van der Waals surface area contributed by atoms with E-state index in [-0.39, 0.29) is 5.57 Å². The molecule has 0 atom stereocenters. The van der Waals surface area contributed by atoms with Crippen LogP contribution in [0.4, 0.5) is 5.69 Å². The van der Waals surface area contributed by atoms with Gasteiger partial charge in [-0.1, -0.05) is 40.5 Å². The summed E-state index contributed by atoms with van der Waals surface area (Å²) < 4.78 is 6.53. The third-order valence-electron chi connectivity index (χ3n) is 3.61. The van der Waals surface area contributed by atoms with E-state index >= 15 is 0 Å². The van der Waals surface area contributed by atoms with Crippen molar-refractivity contribution >= 4 is 45.2 Å². The van der Waals surface area contributed by atoms with Gasteiger partial charge in [0.2, 0.25) is 0 Å². The normalized spacial score (nSPS) is 11.0. The first-order valence-electron chi connectivity index (χ1n) is 8.07. The van der Waals surface area contributed by atoms with Crippen molar-refractivity contribution < 1.29 is 9.53 Å². The highest BCUT2D eigenvalue weighted by Crippen LogP contribution is 2.27. The van der Waals surface area contributed by atoms with Gasteiger partial charge in [0, 0.05) is 20.7 Å². The Kier molecular flexibility index (Phi) is 7.26. The number of nitrogens with one attached hydrogen (secondary N) is 1. The average Bonchev–Trinajstić information content (AvgIpc) is 2.62. The van der Waals surface area contributed by atoms with Crippen molar-refractivity contribution in [2.45, 2.75) is 20.3 Å². The smallest absolute Gasteiger partial charge is 0.266 e. The Labute approximate surface area is 166 Å². The van der Waals surface area contributed by atoms with Gasteiger partial charge in [0.25, 0.3) is 5.91 Å². The molecule has 2 aromatic rings. The molecule has 0 aromatic heterocycles. The van der Waals surface area contributed by atoms with Gasteiger partial charge in [-0.15, -0.1) is 0 Å². The second-order valence-corrected chi connectivity index (χ2v) is 6.89. The maximum atomic E-state index is 12.5. The molecule has 0 aliphatic heterocycles. The van der Waals surface area contributed by atoms with Gasteiger partial charge in [-0.3, -0.25) is 4.79 Å². The molecule has 0 fully saturated rings. The first-order valence-corrected chi connectivity index (χ1v) is 9.24. The zero-order valence-electron chi connectivity index (χ0n) is 14.5. The molecule has 0 radical (unpaired) electrons. The molecule has 1 amide bonds. The number of carbonyl (C=O) groups excluding carboxylic acids is 1. The number of halogens is 2. The second kappa shape index (κ2) is 9.42. The van der Waals surface area contributed by atoms with Crippen LogP contribution in [0, 0.1) is 18.3 Å². The monoisotopic (exact) mass is 432 g/mol. The zero-order chi connectivity index (χ0) is 19.1. The van der Waals surface area contributed by atoms with E-state index in [0.29, 0.717) is 28.6 Å². The molecule has 26 heavy (non-hydrogen) atoms. The summed E-state index contributed by atoms with van der Waals surface area (Å²) in [6.07, 6.45) is 2.38. The van der Waals surface area contributed by atoms with Gasteiger partial charge >= 0.3 is 0 Å². The van der Waals surface area contributed by atoms with Gasteiger partial charge in [-0.25, -0.2) is 0 Å². The van der Waals surface area contributed by atoms with Crippen molar-refractivity contribution in [3.8, 4) is 11.8 Å². The fourth-order valence-electron chi connectivity index (χ4n) is 2.21. The highest BCUT2D eigenvalue weighted by Gasteiger charge is 2.13. The van der Waals surface area contributed by atoms with E-state index in [9.17, 15) is 10.1 Å². The molecule has 134 valence electrons. The highest BCUT2D eigenvalue weighted by atomic mass is 79.9. The lowest BCUT2D eigenvalue weighted by molar-refractivity contribution is -0.112. The van der Waals surface area contributed by atoms with Gasteiger partial charge in [0.1, 0.15) is 17.4 Å². The molecule has 0 aliphatic carbocycles. The number of hydrogen-bond acceptors (Lipinski definition) is 3. The second-order valence-electron chi connectivity index (χ2n) is 5.57. The molecular weight excluding hydrogens is 416 g/mol. The minimum atomic E-state index is -0.501. The molecule has 4 nitrogen and oxygen atoms in total. The molecule has 0 heterocycles. The Hall–Kier alpha value is -2.29. The lowest BCUT2D eigenvalue weighted by Gasteiger charge is -2.11. The van der Waals surface area contributed by atoms with Crippen molar-refractivity contribution in [3.05, 3.63) is 62.6 Å². The summed E-state index contributed by atoms with van der Waals surface area (Å²) in [5.74, 6) is 0.119. The summed E-state index contributed by atoms with van der Waals surface area (Å²) in [5.41, 5.74) is 1.95. The quantitative estimate of drug-likeness (QED) is 0.466. The summed E-state index contributed by atoms with van der Waals surface area (Å²) in [7, 11) is 0. The molecule has 0 saturated heterocycles. The summed E-state index contributed by atoms with van der Waals surface area (Å²) in [6, 6.07) is 12.6. The number of benzene rings is 2. The van der Waals surface area contributed by atoms with Crippen molar-refractivity contribution in [2.75, 3.05) is 11.9 Å². The summed E-state index contributed by atoms with van der Waals surface area (Å²) in [6.45, 7) is 4.37. The highest BCUT2D eigenvalue weighted by molar-refractivity contribution is 9.10. The summed E-state index contributed by atoms with van der Waals surface area (Å²) in [5, 5.41) is 12.7. The van der Waals surface area contributed by atoms with Gasteiger partial charge in [-0.05, 0) is 55.3 Å². The van der Waals surface area contributed by atoms with E-state index in [1.165, 1.54) is 6.08 Å². The number of ether oxygens (including phenoxy) is 1. The Morgan fingerprint density at radius 3 is 2.85 bits per heavy atom. The predicted octanol–water partition coefficient (Wildman–Crippen LogP) is 5.75. The molecule has 2 rings (SSSR count). The third-order valence-corrected chi connectivity index (χ3v) is 4.52. The number of rotatable bonds is 6. The van der Waals surface area contributed by atoms with Crippen molar-refractivity contribution in [1.29, 1.82) is 5.26 Å². The number of nitrogens with zero attached hydrogens (tertiary/aromatic N) is 1. The SMILES string of the molecule is CCCOc1ccc(Br)cc1/C=C(\C#N)C(=O)Nc1cccc(Cl)c1C. The predicted molar refractivity (Wildman–Crippen MR) is 108 cm³/mol. The van der Waals surface area contributed by atoms with E-state index in [2.05, 4.69) is 21.2 Å². The maximum absolute atomic E-state index is 12.5. The van der Waals surface area contributed by atoms with Crippen LogP contribution in [0.3, 0.4) is 0 Å². The van der Waals surface area contributed by atoms with E-state index in [1.54, 1.807) is 37.3 Å². The van der Waals surface area contributed by atoms with Gasteiger partial charge in [-0.2, -0.15) is 5.26 Å². The van der Waals surface area contributed by atoms with E-state index < -0.39 is 5.91 Å². The number of nitriles is 1. The molecule has 0 bridgehead atoms. The van der Waals surface area contributed by atoms with Crippen molar-refractivity contribution in [1.82, 2.24) is 0 Å². The molecule has 0 aliphatic rings. The zero-order valence-corrected chi connectivity index (χ0v) is 16.8. The number of anilines is 1. The summed E-state index contributed by atoms with van der Waals surface area (Å²) in [4.78, 5) is 12.5. The minimum Gasteiger partial charge on any atom is -0.493 e. The Morgan fingerprint density at radius 1 is 1.38 bits per heavy atom. The fraction of sp³-hybridized carbons (Fsp3) is 0.200. The number of amides is 1. The van der Waals surface area contributed by atoms with Crippen LogP contribution in [0.5, 0.6) is 5.75 Å². The van der Waals surface area contributed by atoms with Crippen LogP contribution in [0.15, 0.2) is 46.4 Å². The van der Waals surface area contributed by atoms with Gasteiger partial charge in [0.15, 0.2) is 0 Å². The van der Waals surface area contributed by atoms with E-state index in [4.69, 9.17) is 16.3 Å². The number of hydrogen-bond donors (Lipinski definition) is 1.